The molecule has 0 aliphatic rings. The molecule has 4 heteroatoms. The van der Waals surface area contributed by atoms with Gasteiger partial charge in [0.25, 0.3) is 0 Å². The smallest absolute Gasteiger partial charge is 0.195 e. The van der Waals surface area contributed by atoms with E-state index in [1.54, 1.807) is 19.9 Å². The maximum Gasteiger partial charge on any atom is 0.195 e. The van der Waals surface area contributed by atoms with Gasteiger partial charge in [0.2, 0.25) is 0 Å². The summed E-state index contributed by atoms with van der Waals surface area (Å²) in [5.41, 5.74) is 1.58. The number of hydrogen-bond donors (Lipinski definition) is 1. The van der Waals surface area contributed by atoms with Crippen molar-refractivity contribution in [1.82, 2.24) is 4.98 Å². The van der Waals surface area contributed by atoms with E-state index in [1.165, 1.54) is 6.07 Å². The molecule has 0 unspecified atom stereocenters. The molecule has 1 aromatic carbocycles. The van der Waals surface area contributed by atoms with E-state index in [1.807, 2.05) is 0 Å². The molecule has 0 atom stereocenters. The van der Waals surface area contributed by atoms with Gasteiger partial charge in [0.05, 0.1) is 10.9 Å². The molecule has 0 amide bonds. The number of nitrogens with one attached hydrogen (secondary N) is 1. The molecule has 0 bridgehead atoms. The predicted molar refractivity (Wildman–Crippen MR) is 61.7 cm³/mol. The molecule has 0 saturated heterocycles. The minimum Gasteiger partial charge on any atom is -0.357 e. The Morgan fingerprint density at radius 3 is 2.67 bits per heavy atom. The zero-order valence-corrected chi connectivity index (χ0v) is 9.90. The van der Waals surface area contributed by atoms with Gasteiger partial charge in [-0.3, -0.25) is 4.79 Å². The average Bonchev–Trinajstić information content (AvgIpc) is 2.20. The van der Waals surface area contributed by atoms with Crippen LogP contribution in [0.3, 0.4) is 0 Å². The SMILES string of the molecule is Cc1[nH]c2c(Br)ccc(F)c2c(=O)c1C. The molecule has 2 rings (SSSR count). The lowest BCUT2D eigenvalue weighted by atomic mass is 10.1. The van der Waals surface area contributed by atoms with Crippen molar-refractivity contribution < 1.29 is 4.39 Å². The predicted octanol–water partition coefficient (Wildman–Crippen LogP) is 3.05. The second kappa shape index (κ2) is 3.45. The van der Waals surface area contributed by atoms with E-state index in [-0.39, 0.29) is 10.8 Å². The van der Waals surface area contributed by atoms with Gasteiger partial charge < -0.3 is 4.98 Å². The van der Waals surface area contributed by atoms with Gasteiger partial charge in [-0.1, -0.05) is 0 Å². The topological polar surface area (TPSA) is 32.9 Å². The zero-order chi connectivity index (χ0) is 11.2. The fourth-order valence-electron chi connectivity index (χ4n) is 1.54. The van der Waals surface area contributed by atoms with E-state index < -0.39 is 5.82 Å². The van der Waals surface area contributed by atoms with Gasteiger partial charge in [0, 0.05) is 15.7 Å². The largest absolute Gasteiger partial charge is 0.357 e. The summed E-state index contributed by atoms with van der Waals surface area (Å²) >= 11 is 3.29. The summed E-state index contributed by atoms with van der Waals surface area (Å²) in [6.45, 7) is 3.49. The highest BCUT2D eigenvalue weighted by atomic mass is 79.9. The molecule has 0 aliphatic carbocycles. The summed E-state index contributed by atoms with van der Waals surface area (Å²) in [7, 11) is 0. The Balaban J connectivity index is 3.12. The molecule has 78 valence electrons. The van der Waals surface area contributed by atoms with E-state index in [4.69, 9.17) is 0 Å². The summed E-state index contributed by atoms with van der Waals surface area (Å²) in [5.74, 6) is -0.488. The number of aryl methyl sites for hydroxylation is 1. The fourth-order valence-corrected chi connectivity index (χ4v) is 1.96. The van der Waals surface area contributed by atoms with E-state index >= 15 is 0 Å². The van der Waals surface area contributed by atoms with Gasteiger partial charge in [-0.25, -0.2) is 4.39 Å². The number of benzene rings is 1. The molecule has 1 N–H and O–H groups in total. The van der Waals surface area contributed by atoms with Crippen LogP contribution in [0.2, 0.25) is 0 Å². The molecule has 2 aromatic rings. The van der Waals surface area contributed by atoms with Crippen LogP contribution in [0.25, 0.3) is 10.9 Å². The molecule has 0 spiro atoms. The van der Waals surface area contributed by atoms with E-state index in [9.17, 15) is 9.18 Å². The second-order valence-electron chi connectivity index (χ2n) is 3.48. The molecule has 1 heterocycles. The normalized spacial score (nSPS) is 10.9. The third-order valence-electron chi connectivity index (χ3n) is 2.55. The van der Waals surface area contributed by atoms with E-state index in [2.05, 4.69) is 20.9 Å². The van der Waals surface area contributed by atoms with Crippen LogP contribution >= 0.6 is 15.9 Å². The molecule has 1 aromatic heterocycles. The van der Waals surface area contributed by atoms with Gasteiger partial charge in [-0.2, -0.15) is 0 Å². The first kappa shape index (κ1) is 10.4. The second-order valence-corrected chi connectivity index (χ2v) is 4.34. The van der Waals surface area contributed by atoms with Crippen molar-refractivity contribution in [1.29, 1.82) is 0 Å². The Morgan fingerprint density at radius 1 is 1.33 bits per heavy atom. The quantitative estimate of drug-likeness (QED) is 0.784. The minimum absolute atomic E-state index is 0.118. The average molecular weight is 270 g/mol. The number of aromatic nitrogens is 1. The molecule has 0 saturated carbocycles. The van der Waals surface area contributed by atoms with Crippen molar-refractivity contribution in [2.75, 3.05) is 0 Å². The van der Waals surface area contributed by atoms with Crippen molar-refractivity contribution >= 4 is 26.8 Å². The maximum atomic E-state index is 13.5. The van der Waals surface area contributed by atoms with Crippen molar-refractivity contribution in [2.45, 2.75) is 13.8 Å². The summed E-state index contributed by atoms with van der Waals surface area (Å²) in [6, 6.07) is 2.87. The molecule has 15 heavy (non-hydrogen) atoms. The van der Waals surface area contributed by atoms with Crippen LogP contribution in [0.4, 0.5) is 4.39 Å². The Kier molecular flexibility index (Phi) is 2.38. The highest BCUT2D eigenvalue weighted by Crippen LogP contribution is 2.23. The number of halogens is 2. The van der Waals surface area contributed by atoms with Gasteiger partial charge in [0.15, 0.2) is 5.43 Å². The molecular formula is C11H9BrFNO. The van der Waals surface area contributed by atoms with Gasteiger partial charge in [0.1, 0.15) is 5.82 Å². The van der Waals surface area contributed by atoms with E-state index in [0.717, 1.165) is 5.69 Å². The summed E-state index contributed by atoms with van der Waals surface area (Å²) in [6.07, 6.45) is 0. The summed E-state index contributed by atoms with van der Waals surface area (Å²) < 4.78 is 14.2. The lowest BCUT2D eigenvalue weighted by Crippen LogP contribution is -2.11. The minimum atomic E-state index is -0.488. The Hall–Kier alpha value is -1.16. The highest BCUT2D eigenvalue weighted by Gasteiger charge is 2.11. The standard InChI is InChI=1S/C11H9BrFNO/c1-5-6(2)14-10-7(12)3-4-8(13)9(10)11(5)15/h3-4H,1-2H3,(H,14,15). The first-order chi connectivity index (χ1) is 7.02. The van der Waals surface area contributed by atoms with E-state index in [0.29, 0.717) is 15.6 Å². The molecule has 0 aliphatic heterocycles. The number of pyridine rings is 1. The van der Waals surface area contributed by atoms with Crippen LogP contribution in [0.1, 0.15) is 11.3 Å². The van der Waals surface area contributed by atoms with Crippen LogP contribution in [-0.4, -0.2) is 4.98 Å². The van der Waals surface area contributed by atoms with Crippen LogP contribution in [0.5, 0.6) is 0 Å². The molecule has 0 radical (unpaired) electrons. The summed E-state index contributed by atoms with van der Waals surface area (Å²) in [5, 5.41) is 0.118. The Bertz CT molecular complexity index is 604. The fraction of sp³-hybridized carbons (Fsp3) is 0.182. The third-order valence-corrected chi connectivity index (χ3v) is 3.21. The number of hydrogen-bond acceptors (Lipinski definition) is 1. The van der Waals surface area contributed by atoms with Crippen molar-refractivity contribution in [3.05, 3.63) is 43.9 Å². The maximum absolute atomic E-state index is 13.5. The van der Waals surface area contributed by atoms with Crippen molar-refractivity contribution in [2.24, 2.45) is 0 Å². The Morgan fingerprint density at radius 2 is 2.00 bits per heavy atom. The number of aromatic amines is 1. The Labute approximate surface area is 94.3 Å². The first-order valence-corrected chi connectivity index (χ1v) is 5.29. The number of fused-ring (bicyclic) bond motifs is 1. The van der Waals surface area contributed by atoms with Crippen LogP contribution in [0.15, 0.2) is 21.4 Å². The van der Waals surface area contributed by atoms with Crippen LogP contribution in [-0.2, 0) is 0 Å². The third kappa shape index (κ3) is 1.49. The zero-order valence-electron chi connectivity index (χ0n) is 8.32. The van der Waals surface area contributed by atoms with Crippen molar-refractivity contribution in [3.63, 3.8) is 0 Å². The highest BCUT2D eigenvalue weighted by molar-refractivity contribution is 9.10. The van der Waals surface area contributed by atoms with Gasteiger partial charge in [-0.15, -0.1) is 0 Å². The monoisotopic (exact) mass is 269 g/mol. The molecular weight excluding hydrogens is 261 g/mol. The first-order valence-electron chi connectivity index (χ1n) is 4.49. The summed E-state index contributed by atoms with van der Waals surface area (Å²) in [4.78, 5) is 14.9. The van der Waals surface area contributed by atoms with Gasteiger partial charge in [-0.05, 0) is 41.9 Å². The molecule has 2 nitrogen and oxygen atoms in total. The molecule has 0 fully saturated rings. The van der Waals surface area contributed by atoms with Gasteiger partial charge >= 0.3 is 0 Å². The van der Waals surface area contributed by atoms with Crippen LogP contribution in [0, 0.1) is 19.7 Å². The lowest BCUT2D eigenvalue weighted by Gasteiger charge is -2.06. The number of H-pyrrole nitrogens is 1. The van der Waals surface area contributed by atoms with Crippen LogP contribution < -0.4 is 5.43 Å². The number of rotatable bonds is 0. The van der Waals surface area contributed by atoms with Crippen molar-refractivity contribution in [3.8, 4) is 0 Å². The lowest BCUT2D eigenvalue weighted by molar-refractivity contribution is 0.638.